The number of aromatic nitrogens is 1. The van der Waals surface area contributed by atoms with Gasteiger partial charge in [0.2, 0.25) is 0 Å². The molecule has 0 saturated carbocycles. The number of ether oxygens (including phenoxy) is 2. The smallest absolute Gasteiger partial charge is 0.414 e. The summed E-state index contributed by atoms with van der Waals surface area (Å²) in [6, 6.07) is 15.1. The predicted octanol–water partition coefficient (Wildman–Crippen LogP) is 7.22. The van der Waals surface area contributed by atoms with E-state index in [1.54, 1.807) is 23.2 Å². The van der Waals surface area contributed by atoms with Crippen molar-refractivity contribution in [3.05, 3.63) is 59.9 Å². The van der Waals surface area contributed by atoms with Gasteiger partial charge in [0.1, 0.15) is 22.3 Å². The van der Waals surface area contributed by atoms with Crippen LogP contribution in [0.4, 0.5) is 10.5 Å². The number of carbonyl (C=O) groups excluding carboxylic acids is 1. The molecule has 1 heterocycles. The maximum Gasteiger partial charge on any atom is 0.414 e. The molecule has 0 unspecified atom stereocenters. The fourth-order valence-electron chi connectivity index (χ4n) is 3.10. The van der Waals surface area contributed by atoms with Crippen molar-refractivity contribution in [2.24, 2.45) is 0 Å². The molecule has 1 amide bonds. The Morgan fingerprint density at radius 3 is 2.50 bits per heavy atom. The van der Waals surface area contributed by atoms with Crippen molar-refractivity contribution in [2.75, 3.05) is 11.4 Å². The number of carbonyl (C=O) groups is 1. The van der Waals surface area contributed by atoms with Crippen molar-refractivity contribution in [2.45, 2.75) is 46.1 Å². The number of pyridine rings is 1. The van der Waals surface area contributed by atoms with E-state index in [0.717, 1.165) is 29.3 Å². The molecule has 30 heavy (non-hydrogen) atoms. The average Bonchev–Trinajstić information content (AvgIpc) is 2.68. The minimum Gasteiger partial charge on any atom is -0.457 e. The highest BCUT2D eigenvalue weighted by atomic mass is 35.5. The van der Waals surface area contributed by atoms with E-state index < -0.39 is 5.60 Å². The van der Waals surface area contributed by atoms with Crippen LogP contribution in [-0.2, 0) is 4.74 Å². The van der Waals surface area contributed by atoms with Crippen LogP contribution in [-0.4, -0.2) is 23.2 Å². The highest BCUT2D eigenvalue weighted by Gasteiger charge is 2.25. The second kappa shape index (κ2) is 9.35. The molecule has 0 spiro atoms. The Hall–Kier alpha value is -2.79. The minimum atomic E-state index is -0.568. The van der Waals surface area contributed by atoms with Crippen molar-refractivity contribution in [1.29, 1.82) is 0 Å². The normalized spacial score (nSPS) is 11.4. The molecule has 1 aromatic heterocycles. The second-order valence-electron chi connectivity index (χ2n) is 8.03. The van der Waals surface area contributed by atoms with Crippen molar-refractivity contribution in [3.8, 4) is 11.5 Å². The number of fused-ring (bicyclic) bond motifs is 1. The van der Waals surface area contributed by atoms with E-state index in [0.29, 0.717) is 23.2 Å². The van der Waals surface area contributed by atoms with Gasteiger partial charge in [-0.2, -0.15) is 0 Å². The van der Waals surface area contributed by atoms with E-state index in [-0.39, 0.29) is 6.09 Å². The van der Waals surface area contributed by atoms with Gasteiger partial charge in [-0.1, -0.05) is 49.2 Å². The summed E-state index contributed by atoms with van der Waals surface area (Å²) in [5, 5.41) is 2.18. The zero-order valence-electron chi connectivity index (χ0n) is 17.8. The zero-order valence-corrected chi connectivity index (χ0v) is 18.6. The van der Waals surface area contributed by atoms with Crippen LogP contribution in [0.5, 0.6) is 11.5 Å². The van der Waals surface area contributed by atoms with Crippen molar-refractivity contribution < 1.29 is 14.3 Å². The number of nitrogens with zero attached hydrogens (tertiary/aromatic N) is 2. The topological polar surface area (TPSA) is 51.7 Å². The summed E-state index contributed by atoms with van der Waals surface area (Å²) >= 11 is 5.98. The van der Waals surface area contributed by atoms with E-state index in [2.05, 4.69) is 11.9 Å². The summed E-state index contributed by atoms with van der Waals surface area (Å²) in [6.07, 6.45) is 3.10. The monoisotopic (exact) mass is 426 g/mol. The van der Waals surface area contributed by atoms with E-state index in [1.807, 2.05) is 57.2 Å². The van der Waals surface area contributed by atoms with Crippen LogP contribution in [0.1, 0.15) is 40.5 Å². The minimum absolute atomic E-state index is 0.351. The SMILES string of the molecule is CCCCN(C(=O)OC(C)(C)C)c1ccc(Oc2ccnc(Cl)c2)c2ccccc12. The molecule has 0 aliphatic heterocycles. The number of halogens is 1. The lowest BCUT2D eigenvalue weighted by molar-refractivity contribution is 0.0580. The van der Waals surface area contributed by atoms with Crippen molar-refractivity contribution in [3.63, 3.8) is 0 Å². The first-order valence-corrected chi connectivity index (χ1v) is 10.5. The number of hydrogen-bond donors (Lipinski definition) is 0. The van der Waals surface area contributed by atoms with E-state index in [9.17, 15) is 4.79 Å². The summed E-state index contributed by atoms with van der Waals surface area (Å²) in [7, 11) is 0. The van der Waals surface area contributed by atoms with Gasteiger partial charge in [0.05, 0.1) is 5.69 Å². The van der Waals surface area contributed by atoms with Crippen LogP contribution in [0.3, 0.4) is 0 Å². The van der Waals surface area contributed by atoms with Gasteiger partial charge in [-0.15, -0.1) is 0 Å². The number of anilines is 1. The zero-order chi connectivity index (χ0) is 21.7. The molecule has 0 aliphatic carbocycles. The summed E-state index contributed by atoms with van der Waals surface area (Å²) < 4.78 is 11.7. The molecule has 0 N–H and O–H groups in total. The maximum atomic E-state index is 13.0. The molecule has 3 aromatic rings. The van der Waals surface area contributed by atoms with E-state index in [1.165, 1.54) is 0 Å². The lowest BCUT2D eigenvalue weighted by atomic mass is 10.1. The maximum absolute atomic E-state index is 13.0. The summed E-state index contributed by atoms with van der Waals surface area (Å²) in [6.45, 7) is 8.30. The lowest BCUT2D eigenvalue weighted by Gasteiger charge is -2.28. The third kappa shape index (κ3) is 5.42. The highest BCUT2D eigenvalue weighted by molar-refractivity contribution is 6.29. The van der Waals surface area contributed by atoms with Gasteiger partial charge in [-0.05, 0) is 45.4 Å². The molecule has 0 aliphatic rings. The Kier molecular flexibility index (Phi) is 6.83. The fourth-order valence-corrected chi connectivity index (χ4v) is 3.26. The van der Waals surface area contributed by atoms with Gasteiger partial charge < -0.3 is 9.47 Å². The van der Waals surface area contributed by atoms with Gasteiger partial charge >= 0.3 is 6.09 Å². The largest absolute Gasteiger partial charge is 0.457 e. The van der Waals surface area contributed by atoms with Crippen molar-refractivity contribution in [1.82, 2.24) is 4.98 Å². The third-order valence-electron chi connectivity index (χ3n) is 4.43. The molecule has 158 valence electrons. The number of benzene rings is 2. The first-order valence-electron chi connectivity index (χ1n) is 10.1. The van der Waals surface area contributed by atoms with Crippen LogP contribution < -0.4 is 9.64 Å². The van der Waals surface area contributed by atoms with E-state index in [4.69, 9.17) is 21.1 Å². The van der Waals surface area contributed by atoms with Gasteiger partial charge in [-0.25, -0.2) is 9.78 Å². The van der Waals surface area contributed by atoms with Gasteiger partial charge in [0.15, 0.2) is 0 Å². The lowest BCUT2D eigenvalue weighted by Crippen LogP contribution is -2.37. The molecule has 0 fully saturated rings. The van der Waals surface area contributed by atoms with Crippen LogP contribution in [0, 0.1) is 0 Å². The van der Waals surface area contributed by atoms with Crippen LogP contribution in [0.2, 0.25) is 5.15 Å². The highest BCUT2D eigenvalue weighted by Crippen LogP contribution is 2.37. The molecular formula is C24H27ClN2O3. The quantitative estimate of drug-likeness (QED) is 0.390. The molecule has 0 atom stereocenters. The van der Waals surface area contributed by atoms with Gasteiger partial charge in [0, 0.05) is 29.6 Å². The van der Waals surface area contributed by atoms with Crippen molar-refractivity contribution >= 4 is 34.2 Å². The molecular weight excluding hydrogens is 400 g/mol. The van der Waals surface area contributed by atoms with Gasteiger partial charge in [-0.3, -0.25) is 4.90 Å². The summed E-state index contributed by atoms with van der Waals surface area (Å²) in [5.41, 5.74) is 0.231. The molecule has 0 radical (unpaired) electrons. The first kappa shape index (κ1) is 21.9. The Balaban J connectivity index is 2.03. The Bertz CT molecular complexity index is 1030. The second-order valence-corrected chi connectivity index (χ2v) is 8.42. The number of unbranched alkanes of at least 4 members (excludes halogenated alkanes) is 1. The first-order chi connectivity index (χ1) is 14.3. The van der Waals surface area contributed by atoms with E-state index >= 15 is 0 Å². The van der Waals surface area contributed by atoms with Gasteiger partial charge in [0.25, 0.3) is 0 Å². The number of amides is 1. The van der Waals surface area contributed by atoms with Crippen LogP contribution in [0.25, 0.3) is 10.8 Å². The van der Waals surface area contributed by atoms with Crippen LogP contribution >= 0.6 is 11.6 Å². The Labute approximate surface area is 182 Å². The third-order valence-corrected chi connectivity index (χ3v) is 4.63. The molecule has 0 saturated heterocycles. The average molecular weight is 427 g/mol. The molecule has 6 heteroatoms. The number of hydrogen-bond acceptors (Lipinski definition) is 4. The summed E-state index contributed by atoms with van der Waals surface area (Å²) in [4.78, 5) is 18.7. The molecule has 2 aromatic carbocycles. The molecule has 0 bridgehead atoms. The fraction of sp³-hybridized carbons (Fsp3) is 0.333. The molecule has 5 nitrogen and oxygen atoms in total. The Morgan fingerprint density at radius 2 is 1.83 bits per heavy atom. The molecule has 3 rings (SSSR count). The summed E-state index contributed by atoms with van der Waals surface area (Å²) in [5.74, 6) is 1.28. The number of rotatable bonds is 6. The Morgan fingerprint density at radius 1 is 1.10 bits per heavy atom. The predicted molar refractivity (Wildman–Crippen MR) is 122 cm³/mol. The standard InChI is InChI=1S/C24H27ClN2O3/c1-5-6-15-27(23(28)30-24(2,3)4)20-11-12-21(19-10-8-7-9-18(19)20)29-17-13-14-26-22(25)16-17/h7-14,16H,5-6,15H2,1-4H3. The van der Waals surface area contributed by atoms with Crippen LogP contribution in [0.15, 0.2) is 54.7 Å².